The Balaban J connectivity index is 1.27. The van der Waals surface area contributed by atoms with E-state index >= 15 is 0 Å². The van der Waals surface area contributed by atoms with Crippen molar-refractivity contribution in [3.8, 4) is 22.3 Å². The summed E-state index contributed by atoms with van der Waals surface area (Å²) in [6, 6.07) is 41.7. The van der Waals surface area contributed by atoms with Gasteiger partial charge in [-0.1, -0.05) is 103 Å². The lowest BCUT2D eigenvalue weighted by atomic mass is 9.80. The van der Waals surface area contributed by atoms with Gasteiger partial charge in [0, 0.05) is 44.5 Å². The molecule has 0 radical (unpaired) electrons. The van der Waals surface area contributed by atoms with Crippen LogP contribution in [0.5, 0.6) is 0 Å². The molecule has 3 heteroatoms. The van der Waals surface area contributed by atoms with E-state index in [2.05, 4.69) is 133 Å². The molecule has 2 heterocycles. The molecule has 6 aromatic rings. The monoisotopic (exact) mass is 504 g/mol. The van der Waals surface area contributed by atoms with E-state index in [4.69, 9.17) is 4.99 Å². The van der Waals surface area contributed by atoms with Crippen LogP contribution in [-0.4, -0.2) is 17.7 Å². The Morgan fingerprint density at radius 2 is 1.32 bits per heavy atom. The lowest BCUT2D eigenvalue weighted by Crippen LogP contribution is -2.33. The zero-order chi connectivity index (χ0) is 25.2. The fourth-order valence-corrected chi connectivity index (χ4v) is 7.37. The van der Waals surface area contributed by atoms with Crippen LogP contribution in [0, 0.1) is 0 Å². The van der Waals surface area contributed by atoms with E-state index in [1.807, 2.05) is 11.3 Å². The van der Waals surface area contributed by atoms with Crippen LogP contribution in [0.1, 0.15) is 22.7 Å². The second-order valence-electron chi connectivity index (χ2n) is 10.1. The molecule has 2 aliphatic rings. The van der Waals surface area contributed by atoms with Crippen molar-refractivity contribution in [3.63, 3.8) is 0 Å². The summed E-state index contributed by atoms with van der Waals surface area (Å²) in [7, 11) is 2.17. The number of nitrogens with zero attached hydrogens (tertiary/aromatic N) is 2. The standard InChI is InChI=1S/C35H24N2S/c1-37-21-31(36-33-28-15-4-2-12-25(28)26-13-3-5-16-29(26)34(33)37)23-11-8-10-22(20-23)24-17-9-18-30-27-14-6-7-19-32(27)38-35(24)30/h2-21,34H,1H3. The van der Waals surface area contributed by atoms with Gasteiger partial charge in [-0.3, -0.25) is 0 Å². The number of fused-ring (bicyclic) bond motifs is 9. The molecule has 1 aliphatic heterocycles. The smallest absolute Gasteiger partial charge is 0.0971 e. The summed E-state index contributed by atoms with van der Waals surface area (Å²) in [5.74, 6) is 0. The first-order chi connectivity index (χ1) is 18.8. The number of hydrogen-bond acceptors (Lipinski definition) is 3. The third-order valence-corrected chi connectivity index (χ3v) is 9.08. The Morgan fingerprint density at radius 1 is 0.632 bits per heavy atom. The third-order valence-electron chi connectivity index (χ3n) is 7.86. The Labute approximate surface area is 225 Å². The van der Waals surface area contributed by atoms with E-state index in [1.165, 1.54) is 53.6 Å². The molecule has 180 valence electrons. The number of rotatable bonds is 2. The summed E-state index contributed by atoms with van der Waals surface area (Å²) in [5.41, 5.74) is 10.8. The fourth-order valence-electron chi connectivity index (χ4n) is 6.14. The maximum atomic E-state index is 5.34. The first-order valence-electron chi connectivity index (χ1n) is 13.0. The first-order valence-corrected chi connectivity index (χ1v) is 13.8. The van der Waals surface area contributed by atoms with Crippen molar-refractivity contribution in [2.24, 2.45) is 4.99 Å². The maximum absolute atomic E-state index is 5.34. The lowest BCUT2D eigenvalue weighted by Gasteiger charge is -2.38. The Bertz CT molecular complexity index is 1960. The highest BCUT2D eigenvalue weighted by molar-refractivity contribution is 7.26. The van der Waals surface area contributed by atoms with Gasteiger partial charge in [0.05, 0.1) is 17.5 Å². The summed E-state index contributed by atoms with van der Waals surface area (Å²) >= 11 is 1.88. The van der Waals surface area contributed by atoms with E-state index < -0.39 is 0 Å². The van der Waals surface area contributed by atoms with Gasteiger partial charge in [0.25, 0.3) is 0 Å². The van der Waals surface area contributed by atoms with Gasteiger partial charge in [-0.15, -0.1) is 11.3 Å². The second-order valence-corrected chi connectivity index (χ2v) is 11.1. The molecule has 0 saturated carbocycles. The van der Waals surface area contributed by atoms with Crippen molar-refractivity contribution in [2.75, 3.05) is 7.05 Å². The van der Waals surface area contributed by atoms with Crippen LogP contribution in [0.2, 0.25) is 0 Å². The van der Waals surface area contributed by atoms with Gasteiger partial charge in [-0.25, -0.2) is 4.99 Å². The van der Waals surface area contributed by atoms with Crippen LogP contribution < -0.4 is 0 Å². The molecule has 1 unspecified atom stereocenters. The van der Waals surface area contributed by atoms with Crippen LogP contribution >= 0.6 is 11.3 Å². The number of benzene rings is 5. The minimum atomic E-state index is 0.111. The molecule has 0 amide bonds. The quantitative estimate of drug-likeness (QED) is 0.229. The molecule has 0 N–H and O–H groups in total. The van der Waals surface area contributed by atoms with Crippen LogP contribution in [0.4, 0.5) is 0 Å². The maximum Gasteiger partial charge on any atom is 0.0971 e. The van der Waals surface area contributed by atoms with Gasteiger partial charge >= 0.3 is 0 Å². The number of aliphatic imine (C=N–C) groups is 1. The molecule has 0 bridgehead atoms. The molecule has 0 spiro atoms. The van der Waals surface area contributed by atoms with Crippen LogP contribution in [0.15, 0.2) is 126 Å². The SMILES string of the molecule is CN1C=C(c2cccc(-c3cccc4c3sc3ccccc34)c2)N=C2c3ccccc3-c3ccccc3C21. The van der Waals surface area contributed by atoms with Gasteiger partial charge in [0.15, 0.2) is 0 Å². The zero-order valence-electron chi connectivity index (χ0n) is 20.9. The predicted molar refractivity (Wildman–Crippen MR) is 162 cm³/mol. The third kappa shape index (κ3) is 3.15. The van der Waals surface area contributed by atoms with Gasteiger partial charge in [-0.05, 0) is 39.9 Å². The Morgan fingerprint density at radius 3 is 2.24 bits per heavy atom. The van der Waals surface area contributed by atoms with Crippen LogP contribution in [0.3, 0.4) is 0 Å². The van der Waals surface area contributed by atoms with Crippen molar-refractivity contribution in [1.29, 1.82) is 0 Å². The zero-order valence-corrected chi connectivity index (χ0v) is 21.7. The van der Waals surface area contributed by atoms with E-state index in [0.29, 0.717) is 0 Å². The molecule has 0 fully saturated rings. The molecule has 1 aliphatic carbocycles. The van der Waals surface area contributed by atoms with Crippen molar-refractivity contribution >= 4 is 42.9 Å². The molecule has 5 aromatic carbocycles. The van der Waals surface area contributed by atoms with Crippen molar-refractivity contribution in [1.82, 2.24) is 4.90 Å². The summed E-state index contributed by atoms with van der Waals surface area (Å²) in [6.07, 6.45) is 2.21. The topological polar surface area (TPSA) is 15.6 Å². The second kappa shape index (κ2) is 8.27. The highest BCUT2D eigenvalue weighted by Crippen LogP contribution is 2.45. The summed E-state index contributed by atoms with van der Waals surface area (Å²) in [6.45, 7) is 0. The van der Waals surface area contributed by atoms with E-state index in [1.54, 1.807) is 0 Å². The van der Waals surface area contributed by atoms with E-state index in [9.17, 15) is 0 Å². The minimum absolute atomic E-state index is 0.111. The summed E-state index contributed by atoms with van der Waals surface area (Å²) < 4.78 is 2.67. The van der Waals surface area contributed by atoms with Crippen molar-refractivity contribution < 1.29 is 0 Å². The molecule has 38 heavy (non-hydrogen) atoms. The van der Waals surface area contributed by atoms with Gasteiger partial charge in [0.1, 0.15) is 0 Å². The summed E-state index contributed by atoms with van der Waals surface area (Å²) in [4.78, 5) is 7.66. The summed E-state index contributed by atoms with van der Waals surface area (Å²) in [5, 5.41) is 2.65. The van der Waals surface area contributed by atoms with Gasteiger partial charge < -0.3 is 4.90 Å². The van der Waals surface area contributed by atoms with Crippen molar-refractivity contribution in [3.05, 3.63) is 138 Å². The van der Waals surface area contributed by atoms with E-state index in [-0.39, 0.29) is 6.04 Å². The van der Waals surface area contributed by atoms with Crippen LogP contribution in [0.25, 0.3) is 48.1 Å². The average molecular weight is 505 g/mol. The van der Waals surface area contributed by atoms with E-state index in [0.717, 1.165) is 17.0 Å². The number of hydrogen-bond donors (Lipinski definition) is 0. The average Bonchev–Trinajstić information content (AvgIpc) is 3.36. The molecule has 0 saturated heterocycles. The molecular formula is C35H24N2S. The molecule has 1 aromatic heterocycles. The van der Waals surface area contributed by atoms with Crippen LogP contribution in [-0.2, 0) is 0 Å². The molecular weight excluding hydrogens is 480 g/mol. The van der Waals surface area contributed by atoms with Gasteiger partial charge in [0.2, 0.25) is 0 Å². The van der Waals surface area contributed by atoms with Crippen molar-refractivity contribution in [2.45, 2.75) is 6.04 Å². The Hall–Kier alpha value is -4.47. The highest BCUT2D eigenvalue weighted by Gasteiger charge is 2.34. The largest absolute Gasteiger partial charge is 0.366 e. The number of thiophene rings is 1. The molecule has 1 atom stereocenters. The predicted octanol–water partition coefficient (Wildman–Crippen LogP) is 9.18. The Kier molecular flexibility index (Phi) is 4.70. The fraction of sp³-hybridized carbons (Fsp3) is 0.0571. The highest BCUT2D eigenvalue weighted by atomic mass is 32.1. The molecule has 2 nitrogen and oxygen atoms in total. The minimum Gasteiger partial charge on any atom is -0.366 e. The number of likely N-dealkylation sites (N-methyl/N-ethyl adjacent to an activating group) is 1. The lowest BCUT2D eigenvalue weighted by molar-refractivity contribution is 0.410. The first kappa shape index (κ1) is 21.6. The van der Waals surface area contributed by atoms with Gasteiger partial charge in [-0.2, -0.15) is 0 Å². The normalized spacial score (nSPS) is 16.0. The molecule has 8 rings (SSSR count).